The molecule has 1 aliphatic rings. The van der Waals surface area contributed by atoms with Crippen molar-refractivity contribution in [1.82, 2.24) is 14.1 Å². The fourth-order valence-electron chi connectivity index (χ4n) is 2.96. The van der Waals surface area contributed by atoms with Crippen LogP contribution in [0.5, 0.6) is 0 Å². The summed E-state index contributed by atoms with van der Waals surface area (Å²) >= 11 is 0. The highest BCUT2D eigenvalue weighted by molar-refractivity contribution is 7.89. The maximum absolute atomic E-state index is 13.1. The second-order valence-electron chi connectivity index (χ2n) is 6.25. The number of sulfonamides is 1. The van der Waals surface area contributed by atoms with Crippen LogP contribution in [0, 0.1) is 24.0 Å². The lowest BCUT2D eigenvalue weighted by Crippen LogP contribution is -2.40. The highest BCUT2D eigenvalue weighted by atomic mass is 32.2. The zero-order chi connectivity index (χ0) is 19.8. The van der Waals surface area contributed by atoms with Crippen molar-refractivity contribution in [3.8, 4) is 0 Å². The Bertz CT molecular complexity index is 979. The van der Waals surface area contributed by atoms with Crippen LogP contribution in [0.15, 0.2) is 23.1 Å². The van der Waals surface area contributed by atoms with Gasteiger partial charge in [0.25, 0.3) is 5.69 Å². The number of aryl methyl sites for hydroxylation is 2. The standard InChI is InChI=1S/C16H21N5O5S/c1-11-16(12(2)19(3)18-11)17-14-5-4-13(21(22)23)10-15(14)27(24,25)20-6-8-26-9-7-20/h4-5,10,17H,6-9H2,1-3H3. The number of anilines is 2. The molecule has 0 saturated carbocycles. The van der Waals surface area contributed by atoms with Gasteiger partial charge in [0, 0.05) is 32.3 Å². The van der Waals surface area contributed by atoms with Gasteiger partial charge in [0.2, 0.25) is 10.0 Å². The van der Waals surface area contributed by atoms with Crippen molar-refractivity contribution in [1.29, 1.82) is 0 Å². The molecule has 27 heavy (non-hydrogen) atoms. The molecule has 0 spiro atoms. The Morgan fingerprint density at radius 3 is 2.48 bits per heavy atom. The van der Waals surface area contributed by atoms with E-state index in [0.717, 1.165) is 11.8 Å². The number of nitro groups is 1. The van der Waals surface area contributed by atoms with Crippen LogP contribution in [0.1, 0.15) is 11.4 Å². The average Bonchev–Trinajstić information content (AvgIpc) is 2.88. The van der Waals surface area contributed by atoms with E-state index in [-0.39, 0.29) is 42.6 Å². The molecule has 2 aromatic rings. The van der Waals surface area contributed by atoms with Crippen LogP contribution >= 0.6 is 0 Å². The van der Waals surface area contributed by atoms with Crippen LogP contribution in [0.4, 0.5) is 17.1 Å². The number of nitrogens with zero attached hydrogens (tertiary/aromatic N) is 4. The van der Waals surface area contributed by atoms with Crippen molar-refractivity contribution in [3.63, 3.8) is 0 Å². The first-order valence-corrected chi connectivity index (χ1v) is 9.79. The smallest absolute Gasteiger partial charge is 0.270 e. The number of non-ortho nitro benzene ring substituents is 1. The molecule has 1 aliphatic heterocycles. The van der Waals surface area contributed by atoms with Gasteiger partial charge in [-0.2, -0.15) is 9.40 Å². The maximum Gasteiger partial charge on any atom is 0.270 e. The molecule has 10 nitrogen and oxygen atoms in total. The van der Waals surface area contributed by atoms with Gasteiger partial charge in [-0.15, -0.1) is 0 Å². The minimum absolute atomic E-state index is 0.138. The summed E-state index contributed by atoms with van der Waals surface area (Å²) in [5, 5.41) is 18.6. The predicted octanol–water partition coefficient (Wildman–Crippen LogP) is 1.71. The average molecular weight is 395 g/mol. The molecular weight excluding hydrogens is 374 g/mol. The molecule has 0 radical (unpaired) electrons. The lowest BCUT2D eigenvalue weighted by Gasteiger charge is -2.27. The van der Waals surface area contributed by atoms with Gasteiger partial charge in [0.05, 0.1) is 40.9 Å². The number of ether oxygens (including phenoxy) is 1. The van der Waals surface area contributed by atoms with Crippen molar-refractivity contribution in [3.05, 3.63) is 39.7 Å². The molecule has 0 bridgehead atoms. The fourth-order valence-corrected chi connectivity index (χ4v) is 4.53. The van der Waals surface area contributed by atoms with Gasteiger partial charge in [-0.3, -0.25) is 14.8 Å². The van der Waals surface area contributed by atoms with E-state index in [4.69, 9.17) is 4.74 Å². The number of nitro benzene ring substituents is 1. The van der Waals surface area contributed by atoms with E-state index in [1.54, 1.807) is 18.7 Å². The number of hydrogen-bond donors (Lipinski definition) is 1. The lowest BCUT2D eigenvalue weighted by atomic mass is 10.2. The SMILES string of the molecule is Cc1nn(C)c(C)c1Nc1ccc([N+](=O)[O-])cc1S(=O)(=O)N1CCOCC1. The highest BCUT2D eigenvalue weighted by Gasteiger charge is 2.30. The first-order valence-electron chi connectivity index (χ1n) is 8.35. The molecule has 11 heteroatoms. The lowest BCUT2D eigenvalue weighted by molar-refractivity contribution is -0.385. The van der Waals surface area contributed by atoms with Crippen LogP contribution in [-0.4, -0.2) is 53.7 Å². The molecule has 146 valence electrons. The molecule has 1 fully saturated rings. The third kappa shape index (κ3) is 3.66. The number of hydrogen-bond acceptors (Lipinski definition) is 7. The summed E-state index contributed by atoms with van der Waals surface area (Å²) in [6, 6.07) is 3.78. The van der Waals surface area contributed by atoms with E-state index in [2.05, 4.69) is 10.4 Å². The van der Waals surface area contributed by atoms with Gasteiger partial charge < -0.3 is 10.1 Å². The first-order chi connectivity index (χ1) is 12.7. The number of aromatic nitrogens is 2. The predicted molar refractivity (Wildman–Crippen MR) is 98.6 cm³/mol. The summed E-state index contributed by atoms with van der Waals surface area (Å²) in [5.74, 6) is 0. The van der Waals surface area contributed by atoms with Crippen LogP contribution < -0.4 is 5.32 Å². The van der Waals surface area contributed by atoms with Crippen molar-refractivity contribution >= 4 is 27.1 Å². The van der Waals surface area contributed by atoms with E-state index in [9.17, 15) is 18.5 Å². The maximum atomic E-state index is 13.1. The van der Waals surface area contributed by atoms with Gasteiger partial charge in [0.15, 0.2) is 0 Å². The Balaban J connectivity index is 2.10. The number of rotatable bonds is 5. The van der Waals surface area contributed by atoms with Crippen LogP contribution in [0.25, 0.3) is 0 Å². The molecule has 1 aromatic carbocycles. The van der Waals surface area contributed by atoms with Crippen molar-refractivity contribution in [2.75, 3.05) is 31.6 Å². The van der Waals surface area contributed by atoms with Gasteiger partial charge in [-0.05, 0) is 19.9 Å². The molecule has 2 heterocycles. The van der Waals surface area contributed by atoms with E-state index in [1.807, 2.05) is 6.92 Å². The zero-order valence-electron chi connectivity index (χ0n) is 15.3. The second kappa shape index (κ2) is 7.25. The minimum atomic E-state index is -3.93. The number of morpholine rings is 1. The summed E-state index contributed by atoms with van der Waals surface area (Å²) in [6.07, 6.45) is 0. The molecule has 0 unspecified atom stereocenters. The van der Waals surface area contributed by atoms with E-state index in [1.165, 1.54) is 16.4 Å². The Labute approximate surface area is 156 Å². The molecule has 1 aromatic heterocycles. The van der Waals surface area contributed by atoms with Gasteiger partial charge in [0.1, 0.15) is 4.90 Å². The van der Waals surface area contributed by atoms with Crippen molar-refractivity contribution < 1.29 is 18.1 Å². The Hall–Kier alpha value is -2.50. The van der Waals surface area contributed by atoms with Gasteiger partial charge in [-0.1, -0.05) is 0 Å². The topological polar surface area (TPSA) is 120 Å². The van der Waals surface area contributed by atoms with Crippen LogP contribution in [0.3, 0.4) is 0 Å². The summed E-state index contributed by atoms with van der Waals surface area (Å²) in [4.78, 5) is 10.4. The normalized spacial score (nSPS) is 15.7. The highest BCUT2D eigenvalue weighted by Crippen LogP contribution is 2.33. The molecule has 1 saturated heterocycles. The van der Waals surface area contributed by atoms with Gasteiger partial charge in [-0.25, -0.2) is 8.42 Å². The summed E-state index contributed by atoms with van der Waals surface area (Å²) in [5.41, 5.74) is 2.17. The van der Waals surface area contributed by atoms with Crippen LogP contribution in [-0.2, 0) is 21.8 Å². The summed E-state index contributed by atoms with van der Waals surface area (Å²) in [6.45, 7) is 4.64. The molecule has 1 N–H and O–H groups in total. The second-order valence-corrected chi connectivity index (χ2v) is 8.15. The third-order valence-corrected chi connectivity index (χ3v) is 6.47. The van der Waals surface area contributed by atoms with Crippen molar-refractivity contribution in [2.45, 2.75) is 18.7 Å². The zero-order valence-corrected chi connectivity index (χ0v) is 16.1. The fraction of sp³-hybridized carbons (Fsp3) is 0.438. The van der Waals surface area contributed by atoms with E-state index >= 15 is 0 Å². The summed E-state index contributed by atoms with van der Waals surface area (Å²) < 4.78 is 34.4. The Morgan fingerprint density at radius 1 is 1.26 bits per heavy atom. The third-order valence-electron chi connectivity index (χ3n) is 4.53. The molecule has 0 aliphatic carbocycles. The Morgan fingerprint density at radius 2 is 1.93 bits per heavy atom. The number of nitrogens with one attached hydrogen (secondary N) is 1. The first kappa shape index (κ1) is 19.3. The molecule has 0 amide bonds. The molecule has 3 rings (SSSR count). The molecular formula is C16H21N5O5S. The largest absolute Gasteiger partial charge is 0.379 e. The Kier molecular flexibility index (Phi) is 5.18. The van der Waals surface area contributed by atoms with Gasteiger partial charge >= 0.3 is 0 Å². The van der Waals surface area contributed by atoms with E-state index in [0.29, 0.717) is 11.4 Å². The van der Waals surface area contributed by atoms with Crippen LogP contribution in [0.2, 0.25) is 0 Å². The minimum Gasteiger partial charge on any atom is -0.379 e. The monoisotopic (exact) mass is 395 g/mol. The summed E-state index contributed by atoms with van der Waals surface area (Å²) in [7, 11) is -2.14. The number of benzene rings is 1. The van der Waals surface area contributed by atoms with Crippen molar-refractivity contribution in [2.24, 2.45) is 7.05 Å². The molecule has 0 atom stereocenters. The quantitative estimate of drug-likeness (QED) is 0.604. The van der Waals surface area contributed by atoms with E-state index < -0.39 is 14.9 Å².